The van der Waals surface area contributed by atoms with Crippen LogP contribution in [0.5, 0.6) is 23.0 Å². The third-order valence-electron chi connectivity index (χ3n) is 5.22. The Morgan fingerprint density at radius 1 is 1.00 bits per heavy atom. The number of nitrogens with zero attached hydrogens (tertiary/aromatic N) is 1. The van der Waals surface area contributed by atoms with Crippen LogP contribution < -0.4 is 29.2 Å². The predicted octanol–water partition coefficient (Wildman–Crippen LogP) is 4.56. The largest absolute Gasteiger partial charge is 0.497 e. The van der Waals surface area contributed by atoms with Gasteiger partial charge >= 0.3 is 0 Å². The van der Waals surface area contributed by atoms with Crippen LogP contribution in [0.2, 0.25) is 5.02 Å². The Morgan fingerprint density at radius 3 is 2.43 bits per heavy atom. The fourth-order valence-corrected chi connectivity index (χ4v) is 3.61. The number of nitrogens with one attached hydrogen (secondary N) is 1. The Morgan fingerprint density at radius 2 is 1.69 bits per heavy atom. The molecular weight excluding hydrogens is 472 g/mol. The van der Waals surface area contributed by atoms with Gasteiger partial charge in [-0.3, -0.25) is 9.59 Å². The number of anilines is 2. The summed E-state index contributed by atoms with van der Waals surface area (Å²) in [6.45, 7) is 0.681. The average molecular weight is 497 g/mol. The van der Waals surface area contributed by atoms with Gasteiger partial charge in [-0.25, -0.2) is 0 Å². The maximum atomic E-state index is 12.5. The fourth-order valence-electron chi connectivity index (χ4n) is 3.49. The van der Waals surface area contributed by atoms with Crippen LogP contribution in [0.15, 0.2) is 66.7 Å². The Balaban J connectivity index is 1.32. The molecule has 0 atom stereocenters. The molecule has 0 fully saturated rings. The number of hydrogen-bond acceptors (Lipinski definition) is 6. The second kappa shape index (κ2) is 11.5. The summed E-state index contributed by atoms with van der Waals surface area (Å²) in [5, 5.41) is 3.38. The zero-order valence-corrected chi connectivity index (χ0v) is 19.9. The minimum atomic E-state index is -0.331. The first-order valence-corrected chi connectivity index (χ1v) is 11.4. The monoisotopic (exact) mass is 496 g/mol. The van der Waals surface area contributed by atoms with Crippen molar-refractivity contribution in [2.45, 2.75) is 6.42 Å². The van der Waals surface area contributed by atoms with Crippen molar-refractivity contribution in [1.82, 2.24) is 0 Å². The van der Waals surface area contributed by atoms with E-state index in [1.807, 2.05) is 24.3 Å². The van der Waals surface area contributed by atoms with E-state index < -0.39 is 0 Å². The van der Waals surface area contributed by atoms with Crippen LogP contribution in [0.25, 0.3) is 0 Å². The normalized spacial score (nSPS) is 12.4. The fraction of sp³-hybridized carbons (Fsp3) is 0.231. The van der Waals surface area contributed by atoms with Crippen molar-refractivity contribution >= 4 is 34.8 Å². The number of ether oxygens (including phenoxy) is 4. The number of hydrogen-bond donors (Lipinski definition) is 1. The molecule has 3 aromatic carbocycles. The van der Waals surface area contributed by atoms with Crippen molar-refractivity contribution in [3.63, 3.8) is 0 Å². The second-order valence-electron chi connectivity index (χ2n) is 7.68. The molecular formula is C26H25ClN2O6. The summed E-state index contributed by atoms with van der Waals surface area (Å²) in [7, 11) is 1.61. The van der Waals surface area contributed by atoms with Gasteiger partial charge in [0.1, 0.15) is 23.0 Å². The van der Waals surface area contributed by atoms with Gasteiger partial charge in [-0.05, 0) is 73.2 Å². The van der Waals surface area contributed by atoms with Gasteiger partial charge in [0.05, 0.1) is 19.4 Å². The van der Waals surface area contributed by atoms with Crippen LogP contribution >= 0.6 is 11.6 Å². The number of carbonyl (C=O) groups is 2. The molecule has 1 N–H and O–H groups in total. The van der Waals surface area contributed by atoms with E-state index in [4.69, 9.17) is 30.5 Å². The minimum absolute atomic E-state index is 0.0347. The topological polar surface area (TPSA) is 86.3 Å². The van der Waals surface area contributed by atoms with E-state index in [1.165, 1.54) is 0 Å². The van der Waals surface area contributed by atoms with Gasteiger partial charge in [0.2, 0.25) is 0 Å². The average Bonchev–Trinajstić information content (AvgIpc) is 2.87. The molecule has 0 aromatic heterocycles. The highest BCUT2D eigenvalue weighted by atomic mass is 35.5. The second-order valence-corrected chi connectivity index (χ2v) is 8.12. The zero-order valence-electron chi connectivity index (χ0n) is 19.2. The molecule has 182 valence electrons. The summed E-state index contributed by atoms with van der Waals surface area (Å²) in [5.41, 5.74) is 1.13. The van der Waals surface area contributed by atoms with Crippen LogP contribution in [0.1, 0.15) is 6.42 Å². The summed E-state index contributed by atoms with van der Waals surface area (Å²) in [6.07, 6.45) is 0.614. The third kappa shape index (κ3) is 6.58. The van der Waals surface area contributed by atoms with Gasteiger partial charge in [-0.1, -0.05) is 11.6 Å². The lowest BCUT2D eigenvalue weighted by Gasteiger charge is -2.30. The van der Waals surface area contributed by atoms with E-state index in [0.29, 0.717) is 47.5 Å². The van der Waals surface area contributed by atoms with Gasteiger partial charge in [-0.15, -0.1) is 0 Å². The van der Waals surface area contributed by atoms with E-state index >= 15 is 0 Å². The number of rotatable bonds is 10. The van der Waals surface area contributed by atoms with E-state index in [-0.39, 0.29) is 25.0 Å². The molecule has 0 saturated carbocycles. The summed E-state index contributed by atoms with van der Waals surface area (Å²) >= 11 is 5.86. The molecule has 4 rings (SSSR count). The maximum Gasteiger partial charge on any atom is 0.265 e. The van der Waals surface area contributed by atoms with Gasteiger partial charge in [0.15, 0.2) is 13.2 Å². The van der Waals surface area contributed by atoms with Crippen LogP contribution in [0, 0.1) is 0 Å². The van der Waals surface area contributed by atoms with Gasteiger partial charge in [0.25, 0.3) is 11.8 Å². The van der Waals surface area contributed by atoms with Crippen molar-refractivity contribution in [2.75, 3.05) is 43.7 Å². The molecule has 8 nitrogen and oxygen atoms in total. The summed E-state index contributed by atoms with van der Waals surface area (Å²) in [4.78, 5) is 26.5. The molecule has 9 heteroatoms. The Bertz CT molecular complexity index is 1170. The summed E-state index contributed by atoms with van der Waals surface area (Å²) < 4.78 is 21.9. The Hall–Kier alpha value is -3.91. The number of methoxy groups -OCH3 is 1. The number of amides is 2. The molecule has 1 aliphatic heterocycles. The number of carbonyl (C=O) groups excluding carboxylic acids is 2. The lowest BCUT2D eigenvalue weighted by Crippen LogP contribution is -2.39. The molecule has 2 amide bonds. The van der Waals surface area contributed by atoms with E-state index in [9.17, 15) is 9.59 Å². The molecule has 1 aliphatic rings. The number of halogens is 1. The smallest absolute Gasteiger partial charge is 0.265 e. The summed E-state index contributed by atoms with van der Waals surface area (Å²) in [5.74, 6) is 2.12. The van der Waals surface area contributed by atoms with Crippen LogP contribution in [0.4, 0.5) is 11.4 Å². The molecule has 0 aliphatic carbocycles. The molecule has 0 radical (unpaired) electrons. The highest BCUT2D eigenvalue weighted by molar-refractivity contribution is 6.30. The first kappa shape index (κ1) is 24.2. The Labute approximate surface area is 208 Å². The first-order valence-electron chi connectivity index (χ1n) is 11.0. The predicted molar refractivity (Wildman–Crippen MR) is 133 cm³/mol. The molecule has 1 heterocycles. The van der Waals surface area contributed by atoms with E-state index in [1.54, 1.807) is 54.5 Å². The Kier molecular flexibility index (Phi) is 7.95. The lowest BCUT2D eigenvalue weighted by atomic mass is 10.2. The molecule has 0 spiro atoms. The maximum absolute atomic E-state index is 12.5. The molecule has 3 aromatic rings. The molecule has 35 heavy (non-hydrogen) atoms. The first-order chi connectivity index (χ1) is 17.0. The van der Waals surface area contributed by atoms with Gasteiger partial charge in [0, 0.05) is 17.3 Å². The number of benzene rings is 3. The van der Waals surface area contributed by atoms with E-state index in [2.05, 4.69) is 5.32 Å². The van der Waals surface area contributed by atoms with Gasteiger partial charge < -0.3 is 29.2 Å². The van der Waals surface area contributed by atoms with Crippen LogP contribution in [-0.4, -0.2) is 45.3 Å². The van der Waals surface area contributed by atoms with Crippen molar-refractivity contribution < 1.29 is 28.5 Å². The van der Waals surface area contributed by atoms with Crippen molar-refractivity contribution in [3.05, 3.63) is 71.8 Å². The quantitative estimate of drug-likeness (QED) is 0.414. The van der Waals surface area contributed by atoms with E-state index in [0.717, 1.165) is 11.5 Å². The van der Waals surface area contributed by atoms with Crippen LogP contribution in [-0.2, 0) is 9.59 Å². The van der Waals surface area contributed by atoms with Crippen molar-refractivity contribution in [1.29, 1.82) is 0 Å². The number of fused-ring (bicyclic) bond motifs is 1. The SMILES string of the molecule is COc1ccc(OCCCN2C(=O)COc3ccc(NC(=O)COc4ccc(Cl)cc4)cc32)cc1. The highest BCUT2D eigenvalue weighted by Crippen LogP contribution is 2.34. The van der Waals surface area contributed by atoms with Crippen LogP contribution in [0.3, 0.4) is 0 Å². The zero-order chi connectivity index (χ0) is 24.6. The molecule has 0 saturated heterocycles. The lowest BCUT2D eigenvalue weighted by molar-refractivity contribution is -0.121. The molecule has 0 unspecified atom stereocenters. The van der Waals surface area contributed by atoms with Gasteiger partial charge in [-0.2, -0.15) is 0 Å². The molecule has 0 bridgehead atoms. The summed E-state index contributed by atoms with van der Waals surface area (Å²) in [6, 6.07) is 19.2. The minimum Gasteiger partial charge on any atom is -0.497 e. The highest BCUT2D eigenvalue weighted by Gasteiger charge is 2.25. The van der Waals surface area contributed by atoms with Crippen molar-refractivity contribution in [3.8, 4) is 23.0 Å². The standard InChI is InChI=1S/C26H25ClN2O6/c1-32-20-8-10-21(11-9-20)33-14-2-13-29-23-15-19(5-12-24(23)35-17-26(29)31)28-25(30)16-34-22-6-3-18(27)4-7-22/h3-12,15H,2,13-14,16-17H2,1H3,(H,28,30). The van der Waals surface area contributed by atoms with Crippen molar-refractivity contribution in [2.24, 2.45) is 0 Å². The third-order valence-corrected chi connectivity index (χ3v) is 5.48.